The highest BCUT2D eigenvalue weighted by Gasteiger charge is 2.33. The van der Waals surface area contributed by atoms with E-state index in [1.807, 2.05) is 32.6 Å². The van der Waals surface area contributed by atoms with Gasteiger partial charge in [-0.25, -0.2) is 0 Å². The lowest BCUT2D eigenvalue weighted by atomic mass is 10.9. The van der Waals surface area contributed by atoms with Gasteiger partial charge in [-0.1, -0.05) is 9.93 Å². The molecule has 0 heterocycles. The van der Waals surface area contributed by atoms with Crippen molar-refractivity contribution >= 4 is 40.1 Å². The Morgan fingerprint density at radius 1 is 1.27 bits per heavy atom. The highest BCUT2D eigenvalue weighted by Crippen LogP contribution is 2.65. The van der Waals surface area contributed by atoms with Crippen LogP contribution >= 0.6 is 30.2 Å². The topological polar surface area (TPSA) is 35.5 Å². The minimum absolute atomic E-state index is 0.104. The zero-order chi connectivity index (χ0) is 11.9. The Morgan fingerprint density at radius 2 is 1.73 bits per heavy atom. The highest BCUT2D eigenvalue weighted by atomic mass is 33.1. The monoisotopic (exact) mass is 290 g/mol. The molecule has 0 bridgehead atoms. The molecule has 0 fully saturated rings. The molecule has 0 spiro atoms. The molecular weight excluding hydrogens is 271 g/mol. The molecule has 7 heteroatoms. The quantitative estimate of drug-likeness (QED) is 0.295. The first kappa shape index (κ1) is 16.2. The summed E-state index contributed by atoms with van der Waals surface area (Å²) in [7, 11) is -1.46. The average Bonchev–Trinajstić information content (AvgIpc) is 2.19. The number of thioether (sulfide) groups is 1. The van der Waals surface area contributed by atoms with Crippen LogP contribution in [0.2, 0.25) is 0 Å². The van der Waals surface area contributed by atoms with Crippen molar-refractivity contribution in [1.29, 1.82) is 0 Å². The zero-order valence-corrected chi connectivity index (χ0v) is 13.2. The SMILES string of the molecule is CCOP(=O)(OCC)[C-](SC)[S+](C)SC. The van der Waals surface area contributed by atoms with Gasteiger partial charge in [-0.05, 0) is 20.1 Å². The van der Waals surface area contributed by atoms with E-state index in [0.717, 1.165) is 4.32 Å². The van der Waals surface area contributed by atoms with Crippen LogP contribution in [0.3, 0.4) is 0 Å². The largest absolute Gasteiger partial charge is 0.328 e. The smallest absolute Gasteiger partial charge is 0.250 e. The van der Waals surface area contributed by atoms with E-state index in [9.17, 15) is 4.57 Å². The van der Waals surface area contributed by atoms with Crippen molar-refractivity contribution in [3.05, 3.63) is 4.32 Å². The molecule has 0 aromatic carbocycles. The van der Waals surface area contributed by atoms with Gasteiger partial charge in [0.15, 0.2) is 0 Å². The Morgan fingerprint density at radius 3 is 2.00 bits per heavy atom. The van der Waals surface area contributed by atoms with E-state index in [1.54, 1.807) is 10.8 Å². The molecule has 0 radical (unpaired) electrons. The van der Waals surface area contributed by atoms with Crippen molar-refractivity contribution in [3.8, 4) is 0 Å². The van der Waals surface area contributed by atoms with Gasteiger partial charge >= 0.3 is 0 Å². The third kappa shape index (κ3) is 4.92. The van der Waals surface area contributed by atoms with Gasteiger partial charge in [-0.15, -0.1) is 0 Å². The predicted octanol–water partition coefficient (Wildman–Crippen LogP) is 3.59. The van der Waals surface area contributed by atoms with Gasteiger partial charge in [-0.2, -0.15) is 0 Å². The molecule has 0 N–H and O–H groups in total. The van der Waals surface area contributed by atoms with Crippen molar-refractivity contribution in [1.82, 2.24) is 0 Å². The van der Waals surface area contributed by atoms with Gasteiger partial charge in [-0.3, -0.25) is 16.3 Å². The summed E-state index contributed by atoms with van der Waals surface area (Å²) in [5.41, 5.74) is 0. The summed E-state index contributed by atoms with van der Waals surface area (Å²) in [4.78, 5) is 0. The van der Waals surface area contributed by atoms with Crippen LogP contribution in [0.1, 0.15) is 13.8 Å². The van der Waals surface area contributed by atoms with E-state index in [0.29, 0.717) is 13.2 Å². The van der Waals surface area contributed by atoms with Gasteiger partial charge in [0.1, 0.15) is 0 Å². The summed E-state index contributed by atoms with van der Waals surface area (Å²) in [5.74, 6) is 0. The second-order valence-electron chi connectivity index (χ2n) is 2.42. The molecule has 0 aliphatic carbocycles. The minimum atomic E-state index is -3.03. The van der Waals surface area contributed by atoms with Gasteiger partial charge in [0, 0.05) is 6.26 Å². The molecule has 0 rings (SSSR count). The molecule has 0 saturated heterocycles. The van der Waals surface area contributed by atoms with E-state index in [1.165, 1.54) is 11.8 Å². The van der Waals surface area contributed by atoms with E-state index in [-0.39, 0.29) is 9.93 Å². The van der Waals surface area contributed by atoms with E-state index in [2.05, 4.69) is 0 Å². The molecule has 3 nitrogen and oxygen atoms in total. The second kappa shape index (κ2) is 8.31. The number of hydrogen-bond donors (Lipinski definition) is 0. The average molecular weight is 290 g/mol. The van der Waals surface area contributed by atoms with E-state index in [4.69, 9.17) is 9.05 Å². The Labute approximate surface area is 104 Å². The Hall–Kier alpha value is 1.20. The van der Waals surface area contributed by atoms with Gasteiger partial charge in [0.05, 0.1) is 34.6 Å². The van der Waals surface area contributed by atoms with Crippen molar-refractivity contribution in [2.24, 2.45) is 0 Å². The van der Waals surface area contributed by atoms with Crippen LogP contribution < -0.4 is 0 Å². The Bertz CT molecular complexity index is 205. The lowest BCUT2D eigenvalue weighted by Crippen LogP contribution is -2.09. The summed E-state index contributed by atoms with van der Waals surface area (Å²) in [6, 6.07) is 0. The number of rotatable bonds is 8. The van der Waals surface area contributed by atoms with Crippen LogP contribution in [0, 0.1) is 4.32 Å². The van der Waals surface area contributed by atoms with Crippen LogP contribution in [-0.4, -0.2) is 32.0 Å². The molecule has 92 valence electrons. The second-order valence-corrected chi connectivity index (χ2v) is 10.2. The van der Waals surface area contributed by atoms with Crippen LogP contribution in [0.5, 0.6) is 0 Å². The Kier molecular flexibility index (Phi) is 8.98. The molecule has 1 atom stereocenters. The van der Waals surface area contributed by atoms with Crippen molar-refractivity contribution in [2.45, 2.75) is 13.8 Å². The summed E-state index contributed by atoms with van der Waals surface area (Å²) in [6.45, 7) is 4.48. The maximum atomic E-state index is 12.4. The molecule has 0 saturated carbocycles. The fraction of sp³-hybridized carbons (Fsp3) is 0.875. The lowest BCUT2D eigenvalue weighted by Gasteiger charge is -2.32. The summed E-state index contributed by atoms with van der Waals surface area (Å²) in [6.07, 6.45) is 5.96. The van der Waals surface area contributed by atoms with Crippen molar-refractivity contribution in [3.63, 3.8) is 0 Å². The normalized spacial score (nSPS) is 14.5. The lowest BCUT2D eigenvalue weighted by molar-refractivity contribution is 0.226. The van der Waals surface area contributed by atoms with Crippen LogP contribution in [0.15, 0.2) is 0 Å². The third-order valence-electron chi connectivity index (χ3n) is 1.49. The van der Waals surface area contributed by atoms with Crippen molar-refractivity contribution < 1.29 is 13.6 Å². The van der Waals surface area contributed by atoms with Crippen LogP contribution in [0.4, 0.5) is 0 Å². The zero-order valence-electron chi connectivity index (χ0n) is 9.81. The number of hydrogen-bond acceptors (Lipinski definition) is 5. The molecule has 0 amide bonds. The highest BCUT2D eigenvalue weighted by molar-refractivity contribution is 8.77. The molecule has 0 aromatic heterocycles. The van der Waals surface area contributed by atoms with Gasteiger partial charge in [0.25, 0.3) is 0 Å². The van der Waals surface area contributed by atoms with E-state index >= 15 is 0 Å². The van der Waals surface area contributed by atoms with Gasteiger partial charge < -0.3 is 9.05 Å². The summed E-state index contributed by atoms with van der Waals surface area (Å²) >= 11 is 1.48. The predicted molar refractivity (Wildman–Crippen MR) is 74.4 cm³/mol. The van der Waals surface area contributed by atoms with Crippen molar-refractivity contribution in [2.75, 3.05) is 32.0 Å². The molecule has 0 aromatic rings. The molecule has 15 heavy (non-hydrogen) atoms. The molecular formula is C8H19O3PS3. The minimum Gasteiger partial charge on any atom is -0.328 e. The first-order chi connectivity index (χ1) is 7.05. The first-order valence-corrected chi connectivity index (χ1v) is 10.7. The standard InChI is InChI=1S/C8H19O3PS3/c1-6-10-12(9,11-7-2)8(13-3)15(5)14-4/h6-7H2,1-5H3. The van der Waals surface area contributed by atoms with Crippen LogP contribution in [-0.2, 0) is 23.5 Å². The third-order valence-corrected chi connectivity index (χ3v) is 11.1. The molecule has 1 unspecified atom stereocenters. The maximum Gasteiger partial charge on any atom is 0.250 e. The first-order valence-electron chi connectivity index (χ1n) is 4.56. The van der Waals surface area contributed by atoms with Gasteiger partial charge in [0.2, 0.25) is 7.60 Å². The van der Waals surface area contributed by atoms with E-state index < -0.39 is 7.60 Å². The summed E-state index contributed by atoms with van der Waals surface area (Å²) < 4.78 is 23.9. The summed E-state index contributed by atoms with van der Waals surface area (Å²) in [5, 5.41) is 0. The Balaban J connectivity index is 4.76. The molecule has 0 aliphatic rings. The van der Waals surface area contributed by atoms with Crippen LogP contribution in [0.25, 0.3) is 0 Å². The molecule has 0 aliphatic heterocycles. The fourth-order valence-corrected chi connectivity index (χ4v) is 8.92. The maximum absolute atomic E-state index is 12.4. The fourth-order valence-electron chi connectivity index (χ4n) is 0.940.